The van der Waals surface area contributed by atoms with Gasteiger partial charge in [-0.05, 0) is 19.1 Å². The molecule has 1 rings (SSSR count). The first-order chi connectivity index (χ1) is 7.86. The van der Waals surface area contributed by atoms with Crippen LogP contribution < -0.4 is 4.90 Å². The van der Waals surface area contributed by atoms with E-state index in [2.05, 4.69) is 6.58 Å². The molecule has 0 aliphatic carbocycles. The van der Waals surface area contributed by atoms with Crippen LogP contribution in [0.2, 0.25) is 0 Å². The molecule has 0 radical (unpaired) electrons. The summed E-state index contributed by atoms with van der Waals surface area (Å²) in [6, 6.07) is 5.76. The van der Waals surface area contributed by atoms with E-state index in [1.54, 1.807) is 13.0 Å². The molecule has 17 heavy (non-hydrogen) atoms. The molecule has 0 heterocycles. The highest BCUT2D eigenvalue weighted by molar-refractivity contribution is 6.66. The van der Waals surface area contributed by atoms with Crippen molar-refractivity contribution in [3.05, 3.63) is 42.1 Å². The monoisotopic (exact) mass is 246 g/mol. The molecule has 1 nitrogen and oxygen atoms in total. The van der Waals surface area contributed by atoms with Crippen LogP contribution in [0.25, 0.3) is 0 Å². The molecule has 94 valence electrons. The molecular weight excluding hydrogens is 233 g/mol. The second-order valence-electron chi connectivity index (χ2n) is 3.70. The zero-order valence-corrected chi connectivity index (χ0v) is 9.47. The summed E-state index contributed by atoms with van der Waals surface area (Å²) in [5, 5.41) is 0. The number of hydrogen-bond acceptors (Lipinski definition) is 1. The molecule has 1 aromatic carbocycles. The van der Waals surface area contributed by atoms with Gasteiger partial charge in [0, 0.05) is 13.1 Å². The Labute approximate surface area is 97.8 Å². The van der Waals surface area contributed by atoms with Crippen molar-refractivity contribution >= 4 is 12.7 Å². The van der Waals surface area contributed by atoms with Gasteiger partial charge < -0.3 is 17.8 Å². The van der Waals surface area contributed by atoms with Gasteiger partial charge >= 0.3 is 6.98 Å². The minimum Gasteiger partial charge on any atom is -0.445 e. The van der Waals surface area contributed by atoms with Gasteiger partial charge in [-0.3, -0.25) is 0 Å². The van der Waals surface area contributed by atoms with E-state index >= 15 is 0 Å². The Morgan fingerprint density at radius 1 is 1.29 bits per heavy atom. The molecule has 0 unspecified atom stereocenters. The lowest BCUT2D eigenvalue weighted by Crippen LogP contribution is -2.33. The summed E-state index contributed by atoms with van der Waals surface area (Å²) in [5.74, 6) is -0.531. The number of likely N-dealkylation sites (N-methyl/N-ethyl adjacent to an activating group) is 1. The number of hydrogen-bond donors (Lipinski definition) is 0. The van der Waals surface area contributed by atoms with Gasteiger partial charge in [0.15, 0.2) is 0 Å². The van der Waals surface area contributed by atoms with Gasteiger partial charge in [-0.2, -0.15) is 0 Å². The number of rotatable bonds is 5. The molecule has 0 aliphatic heterocycles. The Balaban J connectivity index is 2.87. The Morgan fingerprint density at radius 3 is 2.35 bits per heavy atom. The van der Waals surface area contributed by atoms with E-state index in [1.165, 1.54) is 23.1 Å². The fourth-order valence-electron chi connectivity index (χ4n) is 1.42. The van der Waals surface area contributed by atoms with Gasteiger partial charge in [0.2, 0.25) is 0 Å². The van der Waals surface area contributed by atoms with Crippen molar-refractivity contribution in [2.24, 2.45) is 0 Å². The number of anilines is 1. The molecule has 0 N–H and O–H groups in total. The third-order valence-corrected chi connectivity index (χ3v) is 2.43. The van der Waals surface area contributed by atoms with E-state index in [0.717, 1.165) is 0 Å². The van der Waals surface area contributed by atoms with Crippen LogP contribution in [0.1, 0.15) is 6.92 Å². The standard InChI is InChI=1S/C11H13BF4N/c1-3-17(8-9(2)12(14,15)16)11-7-5-4-6-10(11)13/h4-7H,2-3,8H2,1H3/q-1. The Morgan fingerprint density at radius 2 is 1.88 bits per heavy atom. The molecule has 0 saturated carbocycles. The molecule has 1 aromatic rings. The second kappa shape index (κ2) is 5.25. The molecule has 6 heteroatoms. The molecular formula is C11H13BF4N-. The van der Waals surface area contributed by atoms with Gasteiger partial charge in [-0.25, -0.2) is 4.39 Å². The number of benzene rings is 1. The van der Waals surface area contributed by atoms with E-state index < -0.39 is 24.8 Å². The zero-order valence-electron chi connectivity index (χ0n) is 9.47. The molecule has 0 spiro atoms. The summed E-state index contributed by atoms with van der Waals surface area (Å²) in [7, 11) is 0. The highest BCUT2D eigenvalue weighted by Crippen LogP contribution is 2.24. The average Bonchev–Trinajstić information content (AvgIpc) is 2.25. The number of para-hydroxylation sites is 1. The Bertz CT molecular complexity index is 403. The molecule has 0 saturated heterocycles. The zero-order chi connectivity index (χ0) is 13.1. The maximum absolute atomic E-state index is 13.4. The minimum atomic E-state index is -5.08. The van der Waals surface area contributed by atoms with Crippen molar-refractivity contribution in [2.45, 2.75) is 6.92 Å². The number of halogens is 4. The molecule has 0 amide bonds. The van der Waals surface area contributed by atoms with Gasteiger partial charge in [-0.1, -0.05) is 12.1 Å². The van der Waals surface area contributed by atoms with Crippen LogP contribution in [0.15, 0.2) is 36.3 Å². The first kappa shape index (κ1) is 13.6. The first-order valence-corrected chi connectivity index (χ1v) is 5.23. The Hall–Kier alpha value is -1.46. The van der Waals surface area contributed by atoms with Crippen LogP contribution in [0.3, 0.4) is 0 Å². The van der Waals surface area contributed by atoms with Crippen LogP contribution in [0.4, 0.5) is 23.0 Å². The normalized spacial score (nSPS) is 11.4. The lowest BCUT2D eigenvalue weighted by atomic mass is 9.80. The van der Waals surface area contributed by atoms with Crippen molar-refractivity contribution in [1.29, 1.82) is 0 Å². The predicted octanol–water partition coefficient (Wildman–Crippen LogP) is 3.59. The fourth-order valence-corrected chi connectivity index (χ4v) is 1.42. The molecule has 0 bridgehead atoms. The van der Waals surface area contributed by atoms with Crippen LogP contribution in [0.5, 0.6) is 0 Å². The van der Waals surface area contributed by atoms with Gasteiger partial charge in [0.05, 0.1) is 5.69 Å². The third-order valence-electron chi connectivity index (χ3n) is 2.43. The minimum absolute atomic E-state index is 0.163. The summed E-state index contributed by atoms with van der Waals surface area (Å²) in [6.07, 6.45) is 0. The lowest BCUT2D eigenvalue weighted by molar-refractivity contribution is 0.487. The summed E-state index contributed by atoms with van der Waals surface area (Å²) in [4.78, 5) is 1.31. The molecule has 0 aliphatic rings. The van der Waals surface area contributed by atoms with Gasteiger partial charge in [0.25, 0.3) is 0 Å². The van der Waals surface area contributed by atoms with Crippen molar-refractivity contribution in [3.63, 3.8) is 0 Å². The maximum atomic E-state index is 13.4. The summed E-state index contributed by atoms with van der Waals surface area (Å²) in [5.41, 5.74) is -0.661. The second-order valence-corrected chi connectivity index (χ2v) is 3.70. The third kappa shape index (κ3) is 3.51. The van der Waals surface area contributed by atoms with E-state index in [9.17, 15) is 17.3 Å². The highest BCUT2D eigenvalue weighted by Gasteiger charge is 2.28. The largest absolute Gasteiger partial charge is 0.506 e. The van der Waals surface area contributed by atoms with Crippen molar-refractivity contribution in [3.8, 4) is 0 Å². The van der Waals surface area contributed by atoms with Crippen LogP contribution >= 0.6 is 0 Å². The lowest BCUT2D eigenvalue weighted by Gasteiger charge is -2.28. The quantitative estimate of drug-likeness (QED) is 0.566. The van der Waals surface area contributed by atoms with Crippen LogP contribution in [0, 0.1) is 5.82 Å². The number of nitrogens with zero attached hydrogens (tertiary/aromatic N) is 1. The molecule has 0 atom stereocenters. The highest BCUT2D eigenvalue weighted by atomic mass is 19.4. The van der Waals surface area contributed by atoms with Crippen LogP contribution in [-0.2, 0) is 0 Å². The van der Waals surface area contributed by atoms with Crippen molar-refractivity contribution in [1.82, 2.24) is 0 Å². The fraction of sp³-hybridized carbons (Fsp3) is 0.273. The topological polar surface area (TPSA) is 3.24 Å². The maximum Gasteiger partial charge on any atom is 0.506 e. The smallest absolute Gasteiger partial charge is 0.445 e. The van der Waals surface area contributed by atoms with E-state index in [1.807, 2.05) is 0 Å². The van der Waals surface area contributed by atoms with E-state index in [-0.39, 0.29) is 12.2 Å². The SMILES string of the molecule is C=C(CN(CC)c1ccccc1F)[B-](F)(F)F. The van der Waals surface area contributed by atoms with E-state index in [4.69, 9.17) is 0 Å². The summed E-state index contributed by atoms with van der Waals surface area (Å²) < 4.78 is 50.6. The van der Waals surface area contributed by atoms with E-state index in [0.29, 0.717) is 0 Å². The van der Waals surface area contributed by atoms with Gasteiger partial charge in [-0.15, -0.1) is 12.1 Å². The predicted molar refractivity (Wildman–Crippen MR) is 62.5 cm³/mol. The molecule has 0 fully saturated rings. The summed E-state index contributed by atoms with van der Waals surface area (Å²) >= 11 is 0. The van der Waals surface area contributed by atoms with Crippen molar-refractivity contribution < 1.29 is 17.3 Å². The molecule has 0 aromatic heterocycles. The average molecular weight is 246 g/mol. The van der Waals surface area contributed by atoms with Crippen LogP contribution in [-0.4, -0.2) is 20.1 Å². The first-order valence-electron chi connectivity index (χ1n) is 5.23. The van der Waals surface area contributed by atoms with Crippen molar-refractivity contribution in [2.75, 3.05) is 18.0 Å². The summed E-state index contributed by atoms with van der Waals surface area (Å²) in [6.45, 7) is -0.518. The Kier molecular flexibility index (Phi) is 4.20. The van der Waals surface area contributed by atoms with Gasteiger partial charge in [0.1, 0.15) is 5.82 Å².